The maximum atomic E-state index is 9.83. The van der Waals surface area contributed by atoms with Crippen molar-refractivity contribution in [2.45, 2.75) is 6.42 Å². The first-order valence-electron chi connectivity index (χ1n) is 4.36. The minimum absolute atomic E-state index is 0.359. The van der Waals surface area contributed by atoms with E-state index in [4.69, 9.17) is 4.42 Å². The maximum Gasteiger partial charge on any atom is 0.417 e. The summed E-state index contributed by atoms with van der Waals surface area (Å²) in [7, 11) is 0. The minimum atomic E-state index is 0.359. The van der Waals surface area contributed by atoms with Gasteiger partial charge in [0.15, 0.2) is 0 Å². The van der Waals surface area contributed by atoms with Crippen molar-refractivity contribution in [1.82, 2.24) is 0 Å². The van der Waals surface area contributed by atoms with E-state index in [0.717, 1.165) is 16.9 Å². The van der Waals surface area contributed by atoms with Crippen LogP contribution in [0.4, 0.5) is 0 Å². The molecule has 1 aliphatic heterocycles. The Morgan fingerprint density at radius 1 is 1.36 bits per heavy atom. The van der Waals surface area contributed by atoms with Crippen molar-refractivity contribution in [2.75, 3.05) is 6.61 Å². The van der Waals surface area contributed by atoms with Crippen molar-refractivity contribution in [2.24, 2.45) is 0 Å². The average molecular weight is 189 g/mol. The molecule has 2 rings (SSSR count). The van der Waals surface area contributed by atoms with E-state index < -0.39 is 0 Å². The van der Waals surface area contributed by atoms with E-state index in [1.165, 1.54) is 6.47 Å². The molecule has 0 saturated carbocycles. The highest BCUT2D eigenvalue weighted by Crippen LogP contribution is 2.27. The van der Waals surface area contributed by atoms with E-state index >= 15 is 0 Å². The number of rotatable bonds is 4. The Hall–Kier alpha value is -1.77. The summed E-state index contributed by atoms with van der Waals surface area (Å²) in [4.78, 5) is 9.83. The van der Waals surface area contributed by atoms with Crippen LogP contribution in [0.15, 0.2) is 34.9 Å². The Bertz CT molecular complexity index is 392. The Balaban J connectivity index is 2.14. The highest BCUT2D eigenvalue weighted by molar-refractivity contribution is 5.65. The van der Waals surface area contributed by atoms with Crippen LogP contribution in [0.2, 0.25) is 0 Å². The molecule has 14 heavy (non-hydrogen) atoms. The lowest BCUT2D eigenvalue weighted by atomic mass is 10.1. The number of hydrogen-bond acceptors (Lipinski definition) is 3. The van der Waals surface area contributed by atoms with Gasteiger partial charge in [-0.2, -0.15) is 0 Å². The van der Waals surface area contributed by atoms with E-state index in [1.54, 1.807) is 6.26 Å². The van der Waals surface area contributed by atoms with Gasteiger partial charge in [0.2, 0.25) is 0 Å². The summed E-state index contributed by atoms with van der Waals surface area (Å²) >= 11 is 0. The molecule has 1 heterocycles. The van der Waals surface area contributed by atoms with Gasteiger partial charge in [-0.05, 0) is 23.8 Å². The van der Waals surface area contributed by atoms with Crippen molar-refractivity contribution in [3.63, 3.8) is 0 Å². The Morgan fingerprint density at radius 2 is 2.29 bits per heavy atom. The van der Waals surface area contributed by atoms with Gasteiger partial charge in [0.05, 0.1) is 12.9 Å². The van der Waals surface area contributed by atoms with Crippen LogP contribution in [0.25, 0.3) is 11.3 Å². The third kappa shape index (κ3) is 1.62. The first kappa shape index (κ1) is 8.81. The van der Waals surface area contributed by atoms with E-state index in [-0.39, 0.29) is 0 Å². The molecule has 0 bridgehead atoms. The van der Waals surface area contributed by atoms with Crippen LogP contribution in [0, 0.1) is 0 Å². The summed E-state index contributed by atoms with van der Waals surface area (Å²) in [5.41, 5.74) is 2.20. The van der Waals surface area contributed by atoms with Crippen molar-refractivity contribution in [1.29, 1.82) is 0 Å². The summed E-state index contributed by atoms with van der Waals surface area (Å²) in [6.07, 6.45) is 2.33. The van der Waals surface area contributed by atoms with E-state index in [1.807, 2.05) is 24.3 Å². The Kier molecular flexibility index (Phi) is 2.49. The van der Waals surface area contributed by atoms with Crippen LogP contribution in [0.1, 0.15) is 5.56 Å². The highest BCUT2D eigenvalue weighted by atomic mass is 16.5. The Morgan fingerprint density at radius 3 is 3.14 bits per heavy atom. The van der Waals surface area contributed by atoms with Gasteiger partial charge in [-0.1, -0.05) is 6.07 Å². The third-order valence-electron chi connectivity index (χ3n) is 2.12. The lowest BCUT2D eigenvalue weighted by Crippen LogP contribution is -1.96. The summed E-state index contributed by atoms with van der Waals surface area (Å²) in [6, 6.07) is 7.72. The fourth-order valence-electron chi connectivity index (χ4n) is 1.47. The molecule has 0 saturated heterocycles. The number of carbonyl (C=O) groups excluding carboxylic acids is 1. The lowest BCUT2D eigenvalue weighted by Gasteiger charge is -2.01. The van der Waals surface area contributed by atoms with Gasteiger partial charge in [-0.3, -0.25) is 0 Å². The van der Waals surface area contributed by atoms with Crippen LogP contribution in [0.5, 0.6) is 0 Å². The SMILES string of the molecule is O=[C]OCCc1ccc2occcc1-2. The van der Waals surface area contributed by atoms with Gasteiger partial charge in [0.1, 0.15) is 5.76 Å². The second-order valence-corrected chi connectivity index (χ2v) is 2.93. The van der Waals surface area contributed by atoms with Crippen LogP contribution in [-0.4, -0.2) is 13.1 Å². The molecule has 0 aromatic carbocycles. The molecule has 0 aromatic heterocycles. The molecule has 0 amide bonds. The van der Waals surface area contributed by atoms with Crippen LogP contribution in [0.3, 0.4) is 0 Å². The normalized spacial score (nSPS) is 10.3. The summed E-state index contributed by atoms with van der Waals surface area (Å²) in [5, 5.41) is 0. The fourth-order valence-corrected chi connectivity index (χ4v) is 1.47. The van der Waals surface area contributed by atoms with Gasteiger partial charge in [-0.25, -0.2) is 4.79 Å². The number of hydrogen-bond donors (Lipinski definition) is 0. The van der Waals surface area contributed by atoms with Gasteiger partial charge in [0.25, 0.3) is 0 Å². The van der Waals surface area contributed by atoms with E-state index in [2.05, 4.69) is 4.74 Å². The molecule has 2 aliphatic rings. The first-order valence-corrected chi connectivity index (χ1v) is 4.36. The van der Waals surface area contributed by atoms with Gasteiger partial charge in [-0.15, -0.1) is 0 Å². The van der Waals surface area contributed by atoms with Crippen LogP contribution in [-0.2, 0) is 16.0 Å². The molecule has 0 N–H and O–H groups in total. The molecule has 71 valence electrons. The highest BCUT2D eigenvalue weighted by Gasteiger charge is 2.09. The summed E-state index contributed by atoms with van der Waals surface area (Å²) < 4.78 is 9.80. The monoisotopic (exact) mass is 189 g/mol. The fraction of sp³-hybridized carbons (Fsp3) is 0.182. The second-order valence-electron chi connectivity index (χ2n) is 2.93. The summed E-state index contributed by atoms with van der Waals surface area (Å²) in [5.74, 6) is 0.859. The third-order valence-corrected chi connectivity index (χ3v) is 2.12. The molecular weight excluding hydrogens is 180 g/mol. The minimum Gasteiger partial charge on any atom is -0.464 e. The zero-order chi connectivity index (χ0) is 9.80. The average Bonchev–Trinajstić information content (AvgIpc) is 2.63. The molecule has 1 radical (unpaired) electrons. The molecule has 0 spiro atoms. The zero-order valence-electron chi connectivity index (χ0n) is 7.53. The molecule has 0 aromatic rings. The zero-order valence-corrected chi connectivity index (χ0v) is 7.53. The van der Waals surface area contributed by atoms with Gasteiger partial charge >= 0.3 is 6.47 Å². The summed E-state index contributed by atoms with van der Waals surface area (Å²) in [6.45, 7) is 1.76. The van der Waals surface area contributed by atoms with E-state index in [9.17, 15) is 4.79 Å². The lowest BCUT2D eigenvalue weighted by molar-refractivity contribution is 0.282. The van der Waals surface area contributed by atoms with Gasteiger partial charge < -0.3 is 9.15 Å². The number of ether oxygens (including phenoxy) is 1. The molecule has 3 nitrogen and oxygen atoms in total. The molecule has 1 aliphatic carbocycles. The van der Waals surface area contributed by atoms with Crippen molar-refractivity contribution in [3.8, 4) is 11.3 Å². The topological polar surface area (TPSA) is 39.4 Å². The van der Waals surface area contributed by atoms with E-state index in [0.29, 0.717) is 13.0 Å². The largest absolute Gasteiger partial charge is 0.464 e. The van der Waals surface area contributed by atoms with Crippen LogP contribution >= 0.6 is 0 Å². The van der Waals surface area contributed by atoms with Crippen molar-refractivity contribution in [3.05, 3.63) is 36.1 Å². The number of fused-ring (bicyclic) bond motifs is 1. The molecule has 0 fully saturated rings. The molecule has 0 unspecified atom stereocenters. The predicted molar refractivity (Wildman–Crippen MR) is 50.7 cm³/mol. The predicted octanol–water partition coefficient (Wildman–Crippen LogP) is 2.01. The molecular formula is C11H9O3. The smallest absolute Gasteiger partial charge is 0.417 e. The van der Waals surface area contributed by atoms with Crippen LogP contribution < -0.4 is 0 Å². The maximum absolute atomic E-state index is 9.83. The molecule has 3 heteroatoms. The van der Waals surface area contributed by atoms with Gasteiger partial charge in [0, 0.05) is 12.0 Å². The standard InChI is InChI=1S/C11H9O3/c12-8-13-7-5-9-3-4-11-10(9)2-1-6-14-11/h1-4,6H,5,7H2. The van der Waals surface area contributed by atoms with Crippen molar-refractivity contribution < 1.29 is 13.9 Å². The quantitative estimate of drug-likeness (QED) is 0.690. The first-order chi connectivity index (χ1) is 6.92. The molecule has 0 atom stereocenters. The Labute approximate surface area is 81.6 Å². The second kappa shape index (κ2) is 3.96. The van der Waals surface area contributed by atoms with Crippen molar-refractivity contribution >= 4 is 6.47 Å².